The van der Waals surface area contributed by atoms with E-state index in [0.29, 0.717) is 18.5 Å². The molecule has 0 bridgehead atoms. The normalized spacial score (nSPS) is 12.4. The minimum Gasteiger partial charge on any atom is -0.354 e. The summed E-state index contributed by atoms with van der Waals surface area (Å²) in [5, 5.41) is 2.92. The molecule has 0 aliphatic rings. The summed E-state index contributed by atoms with van der Waals surface area (Å²) in [5.41, 5.74) is 2.52. The van der Waals surface area contributed by atoms with E-state index in [1.807, 2.05) is 32.9 Å². The highest BCUT2D eigenvalue weighted by atomic mass is 32.2. The van der Waals surface area contributed by atoms with E-state index in [9.17, 15) is 13.2 Å². The van der Waals surface area contributed by atoms with Crippen LogP contribution in [-0.4, -0.2) is 20.4 Å². The molecule has 0 saturated carbocycles. The largest absolute Gasteiger partial charge is 0.354 e. The fraction of sp³-hybridized carbons (Fsp3) is 0.350. The number of carbonyl (C=O) groups is 1. The molecule has 2 N–H and O–H groups in total. The summed E-state index contributed by atoms with van der Waals surface area (Å²) in [5.74, 6) is 0.0112. The molecule has 2 aromatic rings. The maximum atomic E-state index is 12.4. The molecule has 0 radical (unpaired) electrons. The number of hydrogen-bond donors (Lipinski definition) is 2. The zero-order valence-corrected chi connectivity index (χ0v) is 16.3. The van der Waals surface area contributed by atoms with Gasteiger partial charge in [-0.2, -0.15) is 0 Å². The zero-order chi connectivity index (χ0) is 19.2. The van der Waals surface area contributed by atoms with Gasteiger partial charge in [0.2, 0.25) is 5.91 Å². The first-order valence-corrected chi connectivity index (χ1v) is 10.3. The van der Waals surface area contributed by atoms with Gasteiger partial charge in [0.05, 0.1) is 4.90 Å². The van der Waals surface area contributed by atoms with Crippen molar-refractivity contribution in [2.45, 2.75) is 51.0 Å². The minimum atomic E-state index is -3.62. The van der Waals surface area contributed by atoms with Gasteiger partial charge in [0, 0.05) is 18.2 Å². The Morgan fingerprint density at radius 1 is 1.04 bits per heavy atom. The van der Waals surface area contributed by atoms with Crippen molar-refractivity contribution in [3.05, 3.63) is 59.7 Å². The molecule has 26 heavy (non-hydrogen) atoms. The number of hydrogen-bond acceptors (Lipinski definition) is 3. The molecule has 1 amide bonds. The van der Waals surface area contributed by atoms with Gasteiger partial charge in [-0.25, -0.2) is 8.42 Å². The van der Waals surface area contributed by atoms with E-state index in [1.165, 1.54) is 0 Å². The van der Waals surface area contributed by atoms with Crippen LogP contribution in [0.5, 0.6) is 0 Å². The smallest absolute Gasteiger partial charge is 0.261 e. The summed E-state index contributed by atoms with van der Waals surface area (Å²) in [6.07, 6.45) is 1.86. The van der Waals surface area contributed by atoms with Gasteiger partial charge in [-0.3, -0.25) is 9.52 Å². The van der Waals surface area contributed by atoms with Crippen molar-refractivity contribution in [2.24, 2.45) is 0 Å². The highest BCUT2D eigenvalue weighted by Crippen LogP contribution is 2.17. The van der Waals surface area contributed by atoms with Gasteiger partial charge in [-0.05, 0) is 56.5 Å². The lowest BCUT2D eigenvalue weighted by Gasteiger charge is -2.11. The molecule has 0 unspecified atom stereocenters. The van der Waals surface area contributed by atoms with Gasteiger partial charge in [0.15, 0.2) is 0 Å². The van der Waals surface area contributed by atoms with Crippen LogP contribution < -0.4 is 10.0 Å². The number of amides is 1. The maximum absolute atomic E-state index is 12.4. The molecule has 1 atom stereocenters. The number of sulfonamides is 1. The first-order chi connectivity index (χ1) is 12.3. The van der Waals surface area contributed by atoms with Crippen molar-refractivity contribution in [1.29, 1.82) is 0 Å². The SMILES string of the molecule is CC[C@@H](C)NC(=O)CCc1ccc(S(=O)(=O)Nc2ccc(C)cc2)cc1. The zero-order valence-electron chi connectivity index (χ0n) is 15.5. The molecule has 2 rings (SSSR count). The molecule has 0 heterocycles. The molecular formula is C20H26N2O3S. The van der Waals surface area contributed by atoms with E-state index in [2.05, 4.69) is 10.0 Å². The summed E-state index contributed by atoms with van der Waals surface area (Å²) in [7, 11) is -3.62. The van der Waals surface area contributed by atoms with Gasteiger partial charge in [0.25, 0.3) is 10.0 Å². The highest BCUT2D eigenvalue weighted by Gasteiger charge is 2.14. The van der Waals surface area contributed by atoms with Crippen molar-refractivity contribution >= 4 is 21.6 Å². The lowest BCUT2D eigenvalue weighted by Crippen LogP contribution is -2.32. The van der Waals surface area contributed by atoms with Gasteiger partial charge in [-0.15, -0.1) is 0 Å². The molecule has 0 aromatic heterocycles. The second-order valence-corrected chi connectivity index (χ2v) is 8.17. The lowest BCUT2D eigenvalue weighted by atomic mass is 10.1. The Kier molecular flexibility index (Phi) is 6.80. The van der Waals surface area contributed by atoms with Crippen LogP contribution in [0.1, 0.15) is 37.8 Å². The summed E-state index contributed by atoms with van der Waals surface area (Å²) >= 11 is 0. The Bertz CT molecular complexity index is 828. The van der Waals surface area contributed by atoms with E-state index >= 15 is 0 Å². The Morgan fingerprint density at radius 2 is 1.65 bits per heavy atom. The molecule has 0 aliphatic carbocycles. The Morgan fingerprint density at radius 3 is 2.23 bits per heavy atom. The number of rotatable bonds is 8. The first kappa shape index (κ1) is 20.0. The van der Waals surface area contributed by atoms with Gasteiger partial charge < -0.3 is 5.32 Å². The van der Waals surface area contributed by atoms with Crippen LogP contribution in [0.3, 0.4) is 0 Å². The van der Waals surface area contributed by atoms with Crippen molar-refractivity contribution in [2.75, 3.05) is 4.72 Å². The average molecular weight is 375 g/mol. The quantitative estimate of drug-likeness (QED) is 0.741. The Balaban J connectivity index is 1.97. The van der Waals surface area contributed by atoms with Crippen molar-refractivity contribution in [3.63, 3.8) is 0 Å². The van der Waals surface area contributed by atoms with Crippen molar-refractivity contribution < 1.29 is 13.2 Å². The van der Waals surface area contributed by atoms with E-state index in [1.54, 1.807) is 36.4 Å². The molecular weight excluding hydrogens is 348 g/mol. The number of anilines is 1. The number of carbonyl (C=O) groups excluding carboxylic acids is 1. The second kappa shape index (κ2) is 8.85. The number of benzene rings is 2. The summed E-state index contributed by atoms with van der Waals surface area (Å²) in [4.78, 5) is 12.0. The third kappa shape index (κ3) is 5.88. The van der Waals surface area contributed by atoms with Crippen LogP contribution in [-0.2, 0) is 21.2 Å². The standard InChI is InChI=1S/C20H26N2O3S/c1-4-16(3)21-20(23)14-9-17-7-12-19(13-8-17)26(24,25)22-18-10-5-15(2)6-11-18/h5-8,10-13,16,22H,4,9,14H2,1-3H3,(H,21,23)/t16-/m1/s1. The monoisotopic (exact) mass is 374 g/mol. The van der Waals surface area contributed by atoms with Gasteiger partial charge in [0.1, 0.15) is 0 Å². The van der Waals surface area contributed by atoms with Crippen LogP contribution >= 0.6 is 0 Å². The number of aryl methyl sites for hydroxylation is 2. The molecule has 0 fully saturated rings. The van der Waals surface area contributed by atoms with Crippen LogP contribution in [0, 0.1) is 6.92 Å². The minimum absolute atomic E-state index is 0.0112. The Hall–Kier alpha value is -2.34. The predicted octanol–water partition coefficient (Wildman–Crippen LogP) is 3.64. The third-order valence-electron chi connectivity index (χ3n) is 4.20. The fourth-order valence-corrected chi connectivity index (χ4v) is 3.44. The van der Waals surface area contributed by atoms with Crippen LogP contribution in [0.25, 0.3) is 0 Å². The molecule has 6 heteroatoms. The van der Waals surface area contributed by atoms with E-state index in [0.717, 1.165) is 17.5 Å². The van der Waals surface area contributed by atoms with Crippen LogP contribution in [0.4, 0.5) is 5.69 Å². The van der Waals surface area contributed by atoms with E-state index in [4.69, 9.17) is 0 Å². The maximum Gasteiger partial charge on any atom is 0.261 e. The van der Waals surface area contributed by atoms with Crippen molar-refractivity contribution in [1.82, 2.24) is 5.32 Å². The third-order valence-corrected chi connectivity index (χ3v) is 5.60. The predicted molar refractivity (Wildman–Crippen MR) is 105 cm³/mol. The molecule has 2 aromatic carbocycles. The summed E-state index contributed by atoms with van der Waals surface area (Å²) in [6.45, 7) is 5.94. The van der Waals surface area contributed by atoms with Gasteiger partial charge >= 0.3 is 0 Å². The first-order valence-electron chi connectivity index (χ1n) is 8.78. The van der Waals surface area contributed by atoms with E-state index < -0.39 is 10.0 Å². The average Bonchev–Trinajstić information content (AvgIpc) is 2.62. The van der Waals surface area contributed by atoms with Crippen molar-refractivity contribution in [3.8, 4) is 0 Å². The molecule has 5 nitrogen and oxygen atoms in total. The topological polar surface area (TPSA) is 75.3 Å². The second-order valence-electron chi connectivity index (χ2n) is 6.49. The molecule has 140 valence electrons. The molecule has 0 saturated heterocycles. The number of nitrogens with one attached hydrogen (secondary N) is 2. The van der Waals surface area contributed by atoms with Crippen LogP contribution in [0.2, 0.25) is 0 Å². The summed E-state index contributed by atoms with van der Waals surface area (Å²) in [6, 6.07) is 14.0. The lowest BCUT2D eigenvalue weighted by molar-refractivity contribution is -0.121. The van der Waals surface area contributed by atoms with Gasteiger partial charge in [-0.1, -0.05) is 36.8 Å². The highest BCUT2D eigenvalue weighted by molar-refractivity contribution is 7.92. The van der Waals surface area contributed by atoms with Crippen LogP contribution in [0.15, 0.2) is 53.4 Å². The van der Waals surface area contributed by atoms with E-state index in [-0.39, 0.29) is 16.8 Å². The molecule has 0 aliphatic heterocycles. The molecule has 0 spiro atoms. The fourth-order valence-electron chi connectivity index (χ4n) is 2.38. The summed E-state index contributed by atoms with van der Waals surface area (Å²) < 4.78 is 27.5. The Labute approximate surface area is 155 Å².